The number of benzene rings is 2. The van der Waals surface area contributed by atoms with E-state index < -0.39 is 20.9 Å². The summed E-state index contributed by atoms with van der Waals surface area (Å²) in [5.74, 6) is -0.180. The van der Waals surface area contributed by atoms with Crippen LogP contribution in [0.3, 0.4) is 0 Å². The molecule has 0 fully saturated rings. The second kappa shape index (κ2) is 11.3. The predicted molar refractivity (Wildman–Crippen MR) is 135 cm³/mol. The molecule has 188 valence electrons. The van der Waals surface area contributed by atoms with E-state index >= 15 is 0 Å². The van der Waals surface area contributed by atoms with Gasteiger partial charge in [-0.25, -0.2) is 17.8 Å². The van der Waals surface area contributed by atoms with Gasteiger partial charge in [0.15, 0.2) is 0 Å². The zero-order chi connectivity index (χ0) is 26.3. The molecule has 4 rings (SSSR count). The molecule has 2 heterocycles. The maximum Gasteiger partial charge on any atom is 0.298 e. The first-order chi connectivity index (χ1) is 17.1. The molecule has 1 unspecified atom stereocenters. The lowest BCUT2D eigenvalue weighted by atomic mass is 9.95. The number of ether oxygens (including phenoxy) is 1. The fourth-order valence-corrected chi connectivity index (χ4v) is 5.60. The van der Waals surface area contributed by atoms with E-state index in [0.29, 0.717) is 29.7 Å². The molecule has 0 saturated carbocycles. The number of hydrogen-bond acceptors (Lipinski definition) is 7. The number of aliphatic hydroxyl groups is 1. The third-order valence-electron chi connectivity index (χ3n) is 5.50. The van der Waals surface area contributed by atoms with Crippen molar-refractivity contribution in [2.45, 2.75) is 37.5 Å². The molecule has 8 nitrogen and oxygen atoms in total. The third-order valence-corrected chi connectivity index (χ3v) is 7.37. The average molecular weight is 511 g/mol. The van der Waals surface area contributed by atoms with Gasteiger partial charge in [-0.2, -0.15) is 5.26 Å². The molecule has 1 aliphatic heterocycles. The molecule has 2 aromatic carbocycles. The highest BCUT2D eigenvalue weighted by Crippen LogP contribution is 2.40. The van der Waals surface area contributed by atoms with Gasteiger partial charge in [0.1, 0.15) is 28.4 Å². The summed E-state index contributed by atoms with van der Waals surface area (Å²) in [6.07, 6.45) is 2.80. The quantitative estimate of drug-likeness (QED) is 0.531. The van der Waals surface area contributed by atoms with Crippen LogP contribution in [0, 0.1) is 17.1 Å². The highest BCUT2D eigenvalue weighted by atomic mass is 32.2. The zero-order valence-corrected chi connectivity index (χ0v) is 20.7. The van der Waals surface area contributed by atoms with E-state index in [-0.39, 0.29) is 18.4 Å². The maximum absolute atomic E-state index is 12.8. The van der Waals surface area contributed by atoms with E-state index in [4.69, 9.17) is 20.8 Å². The molecule has 0 amide bonds. The van der Waals surface area contributed by atoms with Crippen LogP contribution < -0.4 is 5.73 Å². The summed E-state index contributed by atoms with van der Waals surface area (Å²) in [5, 5.41) is 16.5. The zero-order valence-electron chi connectivity index (χ0n) is 19.9. The lowest BCUT2D eigenvalue weighted by molar-refractivity contribution is 0.0827. The van der Waals surface area contributed by atoms with Crippen molar-refractivity contribution in [3.63, 3.8) is 0 Å². The molecule has 0 saturated heterocycles. The van der Waals surface area contributed by atoms with Crippen LogP contribution in [0.1, 0.15) is 42.3 Å². The number of rotatable bonds is 5. The van der Waals surface area contributed by atoms with Crippen molar-refractivity contribution in [3.05, 3.63) is 89.5 Å². The first kappa shape index (κ1) is 26.8. The van der Waals surface area contributed by atoms with Crippen molar-refractivity contribution in [3.8, 4) is 17.2 Å². The maximum atomic E-state index is 12.8. The predicted octanol–water partition coefficient (Wildman–Crippen LogP) is 3.87. The van der Waals surface area contributed by atoms with Gasteiger partial charge in [-0.1, -0.05) is 42.5 Å². The van der Waals surface area contributed by atoms with Gasteiger partial charge < -0.3 is 15.6 Å². The van der Waals surface area contributed by atoms with Crippen LogP contribution in [0.15, 0.2) is 71.3 Å². The fourth-order valence-electron chi connectivity index (χ4n) is 3.94. The summed E-state index contributed by atoms with van der Waals surface area (Å²) in [4.78, 5) is 3.94. The molecule has 1 atom stereocenters. The van der Waals surface area contributed by atoms with E-state index in [2.05, 4.69) is 9.38 Å². The average Bonchev–Trinajstić information content (AvgIpc) is 2.82. The number of hydrogen-bond donors (Lipinski definition) is 2. The molecule has 0 bridgehead atoms. The number of pyridine rings is 1. The second-order valence-corrected chi connectivity index (χ2v) is 10.3. The molecule has 3 aromatic rings. The van der Waals surface area contributed by atoms with Crippen molar-refractivity contribution in [2.24, 2.45) is 10.1 Å². The van der Waals surface area contributed by atoms with Gasteiger partial charge in [-0.3, -0.25) is 0 Å². The van der Waals surface area contributed by atoms with Gasteiger partial charge in [0, 0.05) is 12.8 Å². The summed E-state index contributed by atoms with van der Waals surface area (Å²) < 4.78 is 46.6. The first-order valence-electron chi connectivity index (χ1n) is 11.2. The molecule has 0 aliphatic carbocycles. The molecule has 3 N–H and O–H groups in total. The highest BCUT2D eigenvalue weighted by molar-refractivity contribution is 7.90. The Morgan fingerprint density at radius 1 is 1.14 bits per heavy atom. The Morgan fingerprint density at radius 3 is 2.44 bits per heavy atom. The summed E-state index contributed by atoms with van der Waals surface area (Å²) in [5.41, 5.74) is 7.64. The molecular formula is C26H27FN4O4S. The Labute approximate surface area is 210 Å². The smallest absolute Gasteiger partial charge is 0.298 e. The van der Waals surface area contributed by atoms with Gasteiger partial charge in [-0.05, 0) is 67.1 Å². The summed E-state index contributed by atoms with van der Waals surface area (Å²) in [6, 6.07) is 18.8. The van der Waals surface area contributed by atoms with Gasteiger partial charge in [0.05, 0.1) is 0 Å². The Kier molecular flexibility index (Phi) is 8.40. The summed E-state index contributed by atoms with van der Waals surface area (Å²) >= 11 is 0. The van der Waals surface area contributed by atoms with Crippen molar-refractivity contribution in [1.29, 1.82) is 5.26 Å². The molecule has 1 aromatic heterocycles. The number of sulfonamides is 1. The number of nitrogens with zero attached hydrogens (tertiary/aromatic N) is 3. The Morgan fingerprint density at radius 2 is 1.83 bits per heavy atom. The lowest BCUT2D eigenvalue weighted by Gasteiger charge is -2.36. The van der Waals surface area contributed by atoms with Gasteiger partial charge in [0.25, 0.3) is 16.0 Å². The largest absolute Gasteiger partial charge is 0.457 e. The van der Waals surface area contributed by atoms with Crippen LogP contribution in [0.5, 0.6) is 0 Å². The highest BCUT2D eigenvalue weighted by Gasteiger charge is 2.46. The Hall–Kier alpha value is -3.81. The van der Waals surface area contributed by atoms with E-state index in [1.165, 1.54) is 6.07 Å². The molecule has 36 heavy (non-hydrogen) atoms. The van der Waals surface area contributed by atoms with Crippen molar-refractivity contribution >= 4 is 16.0 Å². The van der Waals surface area contributed by atoms with Crippen molar-refractivity contribution in [2.75, 3.05) is 6.61 Å². The van der Waals surface area contributed by atoms with Crippen LogP contribution in [0.4, 0.5) is 4.39 Å². The van der Waals surface area contributed by atoms with E-state index in [1.807, 2.05) is 6.07 Å². The van der Waals surface area contributed by atoms with Gasteiger partial charge in [-0.15, -0.1) is 4.40 Å². The third kappa shape index (κ3) is 6.44. The first-order valence-corrected chi connectivity index (χ1v) is 12.7. The van der Waals surface area contributed by atoms with Crippen LogP contribution >= 0.6 is 0 Å². The number of amidine groups is 1. The lowest BCUT2D eigenvalue weighted by Crippen LogP contribution is -2.45. The monoisotopic (exact) mass is 510 g/mol. The van der Waals surface area contributed by atoms with Crippen molar-refractivity contribution < 1.29 is 22.7 Å². The molecule has 1 aliphatic rings. The molecule has 10 heteroatoms. The number of nitriles is 1. The minimum absolute atomic E-state index is 0.119. The minimum atomic E-state index is -3.84. The number of nitrogens with two attached hydrogens (primary N) is 1. The number of aliphatic hydroxyl groups excluding tert-OH is 1. The number of aryl methyl sites for hydroxylation is 1. The summed E-state index contributed by atoms with van der Waals surface area (Å²) in [7, 11) is -3.84. The molecule has 0 radical (unpaired) electrons. The Bertz CT molecular complexity index is 1380. The number of aromatic nitrogens is 1. The van der Waals surface area contributed by atoms with Crippen LogP contribution in [0.2, 0.25) is 0 Å². The van der Waals surface area contributed by atoms with Crippen LogP contribution in [-0.2, 0) is 21.2 Å². The normalized spacial score (nSPS) is 17.5. The van der Waals surface area contributed by atoms with Crippen molar-refractivity contribution in [1.82, 2.24) is 4.98 Å². The number of halogens is 1. The van der Waals surface area contributed by atoms with E-state index in [1.54, 1.807) is 74.6 Å². The van der Waals surface area contributed by atoms with E-state index in [9.17, 15) is 12.8 Å². The standard InChI is InChI=1S/C17H16N4O3S.C9H11FO/c1-17(2)15(25(22,23)21-16(19)24-17)12-5-3-11(4-6-12)13-7-8-20-14(9-13)10-18;10-9-6-2-1-4-8(9)5-3-7-11/h3-9,15H,1-2H3,(H2,19,21);1-2,4,6,11H,3,5,7H2. The van der Waals surface area contributed by atoms with Gasteiger partial charge >= 0.3 is 0 Å². The second-order valence-electron chi connectivity index (χ2n) is 8.61. The van der Waals surface area contributed by atoms with E-state index in [0.717, 1.165) is 11.1 Å². The topological polar surface area (TPSA) is 139 Å². The molecule has 0 spiro atoms. The SMILES string of the molecule is CC1(C)OC(N)=NS(=O)(=O)C1c1ccc(-c2ccnc(C#N)c2)cc1.OCCCc1ccccc1F. The Balaban J connectivity index is 0.000000275. The van der Waals surface area contributed by atoms with Crippen LogP contribution in [0.25, 0.3) is 11.1 Å². The van der Waals surface area contributed by atoms with Gasteiger partial charge in [0.2, 0.25) is 0 Å². The fraction of sp³-hybridized carbons (Fsp3) is 0.269. The molecular weight excluding hydrogens is 483 g/mol. The summed E-state index contributed by atoms with van der Waals surface area (Å²) in [6.45, 7) is 3.44. The minimum Gasteiger partial charge on any atom is -0.457 e. The van der Waals surface area contributed by atoms with Crippen LogP contribution in [-0.4, -0.2) is 36.7 Å².